The lowest BCUT2D eigenvalue weighted by Gasteiger charge is -2.12. The molecule has 112 valence electrons. The Morgan fingerprint density at radius 3 is 2.43 bits per heavy atom. The third-order valence-electron chi connectivity index (χ3n) is 3.17. The monoisotopic (exact) mass is 306 g/mol. The number of hydrogen-bond donors (Lipinski definition) is 1. The smallest absolute Gasteiger partial charge is 0.219 e. The zero-order valence-corrected chi connectivity index (χ0v) is 13.0. The first kappa shape index (κ1) is 15.5. The molecule has 0 saturated carbocycles. The van der Waals surface area contributed by atoms with Gasteiger partial charge in [-0.25, -0.2) is 13.4 Å². The minimum absolute atomic E-state index is 0.197. The van der Waals surface area contributed by atoms with Crippen LogP contribution in [0.3, 0.4) is 0 Å². The largest absolute Gasteiger partial charge is 0.439 e. The summed E-state index contributed by atoms with van der Waals surface area (Å²) < 4.78 is 28.4. The quantitative estimate of drug-likeness (QED) is 0.919. The molecule has 1 N–H and O–H groups in total. The molecule has 6 heteroatoms. The van der Waals surface area contributed by atoms with Gasteiger partial charge in [0.1, 0.15) is 5.75 Å². The zero-order valence-electron chi connectivity index (χ0n) is 12.2. The maximum absolute atomic E-state index is 11.4. The summed E-state index contributed by atoms with van der Waals surface area (Å²) in [4.78, 5) is 4.42. The molecule has 0 saturated heterocycles. The van der Waals surface area contributed by atoms with Crippen LogP contribution >= 0.6 is 0 Å². The van der Waals surface area contributed by atoms with Gasteiger partial charge in [-0.05, 0) is 49.9 Å². The Kier molecular flexibility index (Phi) is 4.59. The predicted molar refractivity (Wildman–Crippen MR) is 81.3 cm³/mol. The molecule has 0 aliphatic carbocycles. The van der Waals surface area contributed by atoms with E-state index in [1.165, 1.54) is 18.4 Å². The van der Waals surface area contributed by atoms with Crippen LogP contribution in [0.15, 0.2) is 47.5 Å². The number of hydrogen-bond acceptors (Lipinski definition) is 5. The Hall–Kier alpha value is -1.92. The van der Waals surface area contributed by atoms with Crippen LogP contribution in [0.5, 0.6) is 11.6 Å². The molecule has 0 bridgehead atoms. The van der Waals surface area contributed by atoms with Gasteiger partial charge in [-0.2, -0.15) is 0 Å². The molecule has 0 amide bonds. The maximum Gasteiger partial charge on any atom is 0.219 e. The van der Waals surface area contributed by atoms with Crippen molar-refractivity contribution >= 4 is 9.84 Å². The van der Waals surface area contributed by atoms with Crippen molar-refractivity contribution in [1.29, 1.82) is 0 Å². The van der Waals surface area contributed by atoms with Crippen molar-refractivity contribution in [3.8, 4) is 11.6 Å². The maximum atomic E-state index is 11.4. The highest BCUT2D eigenvalue weighted by molar-refractivity contribution is 7.90. The van der Waals surface area contributed by atoms with E-state index in [4.69, 9.17) is 4.74 Å². The van der Waals surface area contributed by atoms with Gasteiger partial charge in [-0.1, -0.05) is 0 Å². The van der Waals surface area contributed by atoms with E-state index in [1.807, 2.05) is 26.1 Å². The fourth-order valence-corrected chi connectivity index (χ4v) is 2.42. The SMILES string of the molecule is CNC(C)c1ccnc(Oc2ccc(S(C)(=O)=O)cc2)c1. The first-order valence-corrected chi connectivity index (χ1v) is 8.40. The summed E-state index contributed by atoms with van der Waals surface area (Å²) in [5.41, 5.74) is 1.07. The number of benzene rings is 1. The number of rotatable bonds is 5. The molecule has 1 atom stereocenters. The molecule has 0 spiro atoms. The molecule has 5 nitrogen and oxygen atoms in total. The van der Waals surface area contributed by atoms with Crippen LogP contribution in [0.4, 0.5) is 0 Å². The van der Waals surface area contributed by atoms with Crippen LogP contribution in [-0.4, -0.2) is 26.7 Å². The molecule has 0 radical (unpaired) electrons. The van der Waals surface area contributed by atoms with Crippen molar-refractivity contribution in [2.24, 2.45) is 0 Å². The summed E-state index contributed by atoms with van der Waals surface area (Å²) in [6.07, 6.45) is 2.86. The Morgan fingerprint density at radius 1 is 1.19 bits per heavy atom. The summed E-state index contributed by atoms with van der Waals surface area (Å²) in [5, 5.41) is 3.15. The van der Waals surface area contributed by atoms with Crippen molar-refractivity contribution < 1.29 is 13.2 Å². The van der Waals surface area contributed by atoms with Crippen LogP contribution < -0.4 is 10.1 Å². The number of ether oxygens (including phenoxy) is 1. The van der Waals surface area contributed by atoms with E-state index in [1.54, 1.807) is 18.3 Å². The second-order valence-corrected chi connectivity index (χ2v) is 6.80. The van der Waals surface area contributed by atoms with E-state index >= 15 is 0 Å². The number of nitrogens with zero attached hydrogens (tertiary/aromatic N) is 1. The first-order chi connectivity index (χ1) is 9.90. The summed E-state index contributed by atoms with van der Waals surface area (Å²) in [5.74, 6) is 1.02. The topological polar surface area (TPSA) is 68.3 Å². The predicted octanol–water partition coefficient (Wildman–Crippen LogP) is 2.56. The summed E-state index contributed by atoms with van der Waals surface area (Å²) in [6.45, 7) is 2.04. The molecule has 1 aromatic heterocycles. The van der Waals surface area contributed by atoms with Gasteiger partial charge in [0.2, 0.25) is 5.88 Å². The standard InChI is InChI=1S/C15H18N2O3S/c1-11(16-2)12-8-9-17-15(10-12)20-13-4-6-14(7-5-13)21(3,18)19/h4-11,16H,1-3H3. The second-order valence-electron chi connectivity index (χ2n) is 4.78. The van der Waals surface area contributed by atoms with Gasteiger partial charge < -0.3 is 10.1 Å². The molecular weight excluding hydrogens is 288 g/mol. The summed E-state index contributed by atoms with van der Waals surface area (Å²) in [6, 6.07) is 10.2. The molecule has 1 aromatic carbocycles. The third-order valence-corrected chi connectivity index (χ3v) is 4.29. The Morgan fingerprint density at radius 2 is 1.86 bits per heavy atom. The highest BCUT2D eigenvalue weighted by Crippen LogP contribution is 2.23. The lowest BCUT2D eigenvalue weighted by Crippen LogP contribution is -2.12. The number of nitrogens with one attached hydrogen (secondary N) is 1. The van der Waals surface area contributed by atoms with E-state index in [2.05, 4.69) is 10.3 Å². The Bertz CT molecular complexity index is 712. The number of pyridine rings is 1. The fraction of sp³-hybridized carbons (Fsp3) is 0.267. The van der Waals surface area contributed by atoms with Crippen LogP contribution in [0, 0.1) is 0 Å². The van der Waals surface area contributed by atoms with Crippen molar-refractivity contribution in [3.05, 3.63) is 48.2 Å². The van der Waals surface area contributed by atoms with Crippen molar-refractivity contribution in [3.63, 3.8) is 0 Å². The summed E-state index contributed by atoms with van der Waals surface area (Å²) >= 11 is 0. The van der Waals surface area contributed by atoms with Crippen molar-refractivity contribution in [2.75, 3.05) is 13.3 Å². The van der Waals surface area contributed by atoms with Crippen LogP contribution in [-0.2, 0) is 9.84 Å². The Balaban J connectivity index is 2.19. The van der Waals surface area contributed by atoms with Crippen LogP contribution in [0.2, 0.25) is 0 Å². The number of aromatic nitrogens is 1. The van der Waals surface area contributed by atoms with Gasteiger partial charge in [0.15, 0.2) is 9.84 Å². The van der Waals surface area contributed by atoms with Gasteiger partial charge in [0.25, 0.3) is 0 Å². The molecule has 0 aliphatic heterocycles. The van der Waals surface area contributed by atoms with Crippen molar-refractivity contribution in [2.45, 2.75) is 17.9 Å². The Labute approximate surface area is 124 Å². The average molecular weight is 306 g/mol. The molecule has 2 rings (SSSR count). The van der Waals surface area contributed by atoms with Gasteiger partial charge >= 0.3 is 0 Å². The minimum atomic E-state index is -3.19. The van der Waals surface area contributed by atoms with Crippen molar-refractivity contribution in [1.82, 2.24) is 10.3 Å². The highest BCUT2D eigenvalue weighted by Gasteiger charge is 2.08. The molecule has 2 aromatic rings. The lowest BCUT2D eigenvalue weighted by atomic mass is 10.1. The van der Waals surface area contributed by atoms with E-state index in [9.17, 15) is 8.42 Å². The van der Waals surface area contributed by atoms with E-state index < -0.39 is 9.84 Å². The zero-order chi connectivity index (χ0) is 15.5. The molecule has 0 aliphatic rings. The molecular formula is C15H18N2O3S. The third kappa shape index (κ3) is 4.03. The first-order valence-electron chi connectivity index (χ1n) is 6.51. The van der Waals surface area contributed by atoms with Gasteiger partial charge in [-0.3, -0.25) is 0 Å². The van der Waals surface area contributed by atoms with E-state index in [-0.39, 0.29) is 10.9 Å². The minimum Gasteiger partial charge on any atom is -0.439 e. The molecule has 0 fully saturated rings. The van der Waals surface area contributed by atoms with Gasteiger partial charge in [-0.15, -0.1) is 0 Å². The second kappa shape index (κ2) is 6.24. The highest BCUT2D eigenvalue weighted by atomic mass is 32.2. The molecule has 1 unspecified atom stereocenters. The van der Waals surface area contributed by atoms with Crippen LogP contribution in [0.1, 0.15) is 18.5 Å². The number of sulfone groups is 1. The van der Waals surface area contributed by atoms with Crippen LogP contribution in [0.25, 0.3) is 0 Å². The molecule has 1 heterocycles. The van der Waals surface area contributed by atoms with E-state index in [0.717, 1.165) is 5.56 Å². The average Bonchev–Trinajstić information content (AvgIpc) is 2.46. The molecule has 21 heavy (non-hydrogen) atoms. The van der Waals surface area contributed by atoms with Gasteiger partial charge in [0, 0.05) is 24.6 Å². The normalized spacial score (nSPS) is 12.9. The fourth-order valence-electron chi connectivity index (χ4n) is 1.79. The van der Waals surface area contributed by atoms with Gasteiger partial charge in [0.05, 0.1) is 4.90 Å². The van der Waals surface area contributed by atoms with E-state index in [0.29, 0.717) is 11.6 Å². The lowest BCUT2D eigenvalue weighted by molar-refractivity contribution is 0.460. The summed E-state index contributed by atoms with van der Waals surface area (Å²) in [7, 11) is -1.31.